The van der Waals surface area contributed by atoms with Gasteiger partial charge in [0.1, 0.15) is 0 Å². The smallest absolute Gasteiger partial charge is 0.161 e. The maximum absolute atomic E-state index is 5.54. The van der Waals surface area contributed by atoms with Crippen LogP contribution in [0.25, 0.3) is 0 Å². The monoisotopic (exact) mass is 355 g/mol. The number of ether oxygens (including phenoxy) is 2. The fourth-order valence-corrected chi connectivity index (χ4v) is 1.35. The second-order valence-corrected chi connectivity index (χ2v) is 3.44. The van der Waals surface area contributed by atoms with Crippen molar-refractivity contribution in [1.82, 2.24) is 0 Å². The minimum absolute atomic E-state index is 0. The van der Waals surface area contributed by atoms with E-state index in [4.69, 9.17) is 9.47 Å². The maximum atomic E-state index is 5.54. The second-order valence-electron chi connectivity index (χ2n) is 3.44. The summed E-state index contributed by atoms with van der Waals surface area (Å²) in [4.78, 5) is 0. The molecule has 2 radical (unpaired) electrons. The molecular formula is C11H13O2Y2-. The zero-order valence-corrected chi connectivity index (χ0v) is 14.5. The molecule has 0 aliphatic carbocycles. The molecule has 2 nitrogen and oxygen atoms in total. The molecule has 1 aromatic carbocycles. The van der Waals surface area contributed by atoms with Crippen LogP contribution in [0.4, 0.5) is 0 Å². The van der Waals surface area contributed by atoms with Gasteiger partial charge in [-0.15, -0.1) is 5.56 Å². The summed E-state index contributed by atoms with van der Waals surface area (Å²) in [5.41, 5.74) is 1.07. The summed E-state index contributed by atoms with van der Waals surface area (Å²) in [6.45, 7) is 3.68. The molecule has 0 bridgehead atoms. The normalized spacial score (nSPS) is 24.9. The van der Waals surface area contributed by atoms with Crippen LogP contribution in [0.15, 0.2) is 24.3 Å². The molecule has 0 unspecified atom stereocenters. The summed E-state index contributed by atoms with van der Waals surface area (Å²) in [5.74, 6) is 0.506. The van der Waals surface area contributed by atoms with Crippen molar-refractivity contribution in [3.63, 3.8) is 0 Å². The Bertz CT molecular complexity index is 259. The SMILES string of the molecule is CC1COC(c2cc[c-]cc2)OC1.[Y].[Y]. The number of hydrogen-bond donors (Lipinski definition) is 0. The molecule has 76 valence electrons. The van der Waals surface area contributed by atoms with Gasteiger partial charge >= 0.3 is 0 Å². The zero-order chi connectivity index (χ0) is 9.10. The van der Waals surface area contributed by atoms with Crippen LogP contribution in [0.1, 0.15) is 18.8 Å². The molecule has 1 aliphatic heterocycles. The number of benzene rings is 1. The first-order valence-corrected chi connectivity index (χ1v) is 4.55. The first-order chi connectivity index (χ1) is 6.36. The van der Waals surface area contributed by atoms with E-state index in [2.05, 4.69) is 13.0 Å². The molecule has 2 rings (SSSR count). The summed E-state index contributed by atoms with van der Waals surface area (Å²) >= 11 is 0. The molecule has 0 atom stereocenters. The van der Waals surface area contributed by atoms with Gasteiger partial charge in [0.2, 0.25) is 0 Å². The molecular weight excluding hydrogens is 342 g/mol. The van der Waals surface area contributed by atoms with Gasteiger partial charge in [0.15, 0.2) is 6.29 Å². The van der Waals surface area contributed by atoms with Gasteiger partial charge in [0, 0.05) is 71.3 Å². The van der Waals surface area contributed by atoms with Crippen LogP contribution in [0.3, 0.4) is 0 Å². The Morgan fingerprint density at radius 3 is 2.20 bits per heavy atom. The third kappa shape index (κ3) is 5.02. The van der Waals surface area contributed by atoms with Gasteiger partial charge in [-0.3, -0.25) is 0 Å². The van der Waals surface area contributed by atoms with E-state index in [0.717, 1.165) is 18.8 Å². The molecule has 4 heteroatoms. The first-order valence-electron chi connectivity index (χ1n) is 4.55. The molecule has 1 aliphatic rings. The van der Waals surface area contributed by atoms with Gasteiger partial charge < -0.3 is 9.47 Å². The molecule has 15 heavy (non-hydrogen) atoms. The van der Waals surface area contributed by atoms with E-state index in [9.17, 15) is 0 Å². The van der Waals surface area contributed by atoms with Crippen molar-refractivity contribution >= 4 is 0 Å². The Balaban J connectivity index is 0.000000980. The third-order valence-electron chi connectivity index (χ3n) is 2.08. The average Bonchev–Trinajstić information content (AvgIpc) is 2.20. The summed E-state index contributed by atoms with van der Waals surface area (Å²) < 4.78 is 11.1. The molecule has 0 aromatic heterocycles. The van der Waals surface area contributed by atoms with Crippen molar-refractivity contribution in [1.29, 1.82) is 0 Å². The van der Waals surface area contributed by atoms with Crippen LogP contribution >= 0.6 is 0 Å². The van der Waals surface area contributed by atoms with Gasteiger partial charge in [-0.25, -0.2) is 0 Å². The molecule has 0 N–H and O–H groups in total. The van der Waals surface area contributed by atoms with Crippen molar-refractivity contribution in [3.8, 4) is 0 Å². The van der Waals surface area contributed by atoms with Gasteiger partial charge in [-0.05, 0) is 0 Å². The van der Waals surface area contributed by atoms with Crippen LogP contribution in [0.5, 0.6) is 0 Å². The molecule has 1 fully saturated rings. The Labute approximate surface area is 141 Å². The fraction of sp³-hybridized carbons (Fsp3) is 0.455. The molecule has 0 spiro atoms. The molecule has 1 heterocycles. The molecule has 1 saturated heterocycles. The van der Waals surface area contributed by atoms with E-state index >= 15 is 0 Å². The Morgan fingerprint density at radius 2 is 1.67 bits per heavy atom. The summed E-state index contributed by atoms with van der Waals surface area (Å²) in [5, 5.41) is 0. The van der Waals surface area contributed by atoms with Crippen LogP contribution in [0, 0.1) is 12.0 Å². The van der Waals surface area contributed by atoms with E-state index in [-0.39, 0.29) is 71.7 Å². The quantitative estimate of drug-likeness (QED) is 0.719. The standard InChI is InChI=1S/C11H13O2.2Y/c1-9-7-12-11(13-8-9)10-5-3-2-4-6-10;;/h3-6,9,11H,7-8H2,1H3;;/q-1;;. The predicted molar refractivity (Wildman–Crippen MR) is 49.1 cm³/mol. The maximum Gasteiger partial charge on any atom is 0.161 e. The minimum Gasteiger partial charge on any atom is -0.350 e. The van der Waals surface area contributed by atoms with E-state index in [0.29, 0.717) is 5.92 Å². The second kappa shape index (κ2) is 8.44. The minimum atomic E-state index is -0.175. The fourth-order valence-electron chi connectivity index (χ4n) is 1.35. The van der Waals surface area contributed by atoms with E-state index < -0.39 is 0 Å². The topological polar surface area (TPSA) is 18.5 Å². The van der Waals surface area contributed by atoms with Gasteiger partial charge in [-0.2, -0.15) is 30.3 Å². The van der Waals surface area contributed by atoms with Crippen LogP contribution in [-0.2, 0) is 74.9 Å². The van der Waals surface area contributed by atoms with Crippen LogP contribution in [0.2, 0.25) is 0 Å². The van der Waals surface area contributed by atoms with Crippen LogP contribution in [-0.4, -0.2) is 13.2 Å². The van der Waals surface area contributed by atoms with Crippen molar-refractivity contribution in [2.45, 2.75) is 13.2 Å². The van der Waals surface area contributed by atoms with E-state index in [1.54, 1.807) is 0 Å². The first kappa shape index (κ1) is 16.3. The van der Waals surface area contributed by atoms with Gasteiger partial charge in [0.25, 0.3) is 0 Å². The summed E-state index contributed by atoms with van der Waals surface area (Å²) in [6.07, 6.45) is -0.175. The number of hydrogen-bond acceptors (Lipinski definition) is 2. The average molecular weight is 355 g/mol. The predicted octanol–water partition coefficient (Wildman–Crippen LogP) is 2.16. The molecule has 0 amide bonds. The van der Waals surface area contributed by atoms with Crippen molar-refractivity contribution in [2.75, 3.05) is 13.2 Å². The van der Waals surface area contributed by atoms with E-state index in [1.807, 2.05) is 24.3 Å². The summed E-state index contributed by atoms with van der Waals surface area (Å²) in [6, 6.07) is 10.7. The van der Waals surface area contributed by atoms with Gasteiger partial charge in [-0.1, -0.05) is 6.92 Å². The number of rotatable bonds is 1. The van der Waals surface area contributed by atoms with Gasteiger partial charge in [0.05, 0.1) is 13.2 Å². The zero-order valence-electron chi connectivity index (χ0n) is 8.85. The molecule has 0 saturated carbocycles. The third-order valence-corrected chi connectivity index (χ3v) is 2.08. The summed E-state index contributed by atoms with van der Waals surface area (Å²) in [7, 11) is 0. The van der Waals surface area contributed by atoms with Crippen molar-refractivity contribution in [2.24, 2.45) is 5.92 Å². The Kier molecular flexibility index (Phi) is 9.20. The molecule has 1 aromatic rings. The Hall–Kier alpha value is 1.35. The Morgan fingerprint density at radius 1 is 1.13 bits per heavy atom. The van der Waals surface area contributed by atoms with E-state index in [1.165, 1.54) is 0 Å². The van der Waals surface area contributed by atoms with Crippen molar-refractivity contribution < 1.29 is 74.9 Å². The van der Waals surface area contributed by atoms with Crippen LogP contribution < -0.4 is 0 Å². The van der Waals surface area contributed by atoms with Crippen molar-refractivity contribution in [3.05, 3.63) is 35.9 Å². The largest absolute Gasteiger partial charge is 0.350 e.